The number of aliphatic hydroxyl groups is 2. The van der Waals surface area contributed by atoms with Gasteiger partial charge >= 0.3 is 5.97 Å². The summed E-state index contributed by atoms with van der Waals surface area (Å²) in [7, 11) is 0. The summed E-state index contributed by atoms with van der Waals surface area (Å²) in [5, 5.41) is 23.4. The first kappa shape index (κ1) is 81.9. The van der Waals surface area contributed by atoms with Crippen molar-refractivity contribution in [2.24, 2.45) is 0 Å². The summed E-state index contributed by atoms with van der Waals surface area (Å²) < 4.78 is 5.52. The van der Waals surface area contributed by atoms with Crippen LogP contribution in [0.5, 0.6) is 0 Å². The molecule has 1 amide bonds. The van der Waals surface area contributed by atoms with E-state index in [1.165, 1.54) is 385 Å². The van der Waals surface area contributed by atoms with E-state index in [4.69, 9.17) is 4.74 Å². The fraction of sp³-hybridized carbons (Fsp3) is 0.974. The molecule has 496 valence electrons. The molecule has 0 spiro atoms. The van der Waals surface area contributed by atoms with Gasteiger partial charge in [0.1, 0.15) is 0 Å². The van der Waals surface area contributed by atoms with Crippen LogP contribution in [0.15, 0.2) is 0 Å². The third-order valence-corrected chi connectivity index (χ3v) is 18.7. The van der Waals surface area contributed by atoms with Crippen molar-refractivity contribution in [2.45, 2.75) is 469 Å². The third kappa shape index (κ3) is 69.8. The molecule has 0 aliphatic carbocycles. The number of amides is 1. The molecule has 0 heterocycles. The Balaban J connectivity index is 3.29. The van der Waals surface area contributed by atoms with Gasteiger partial charge in [0.05, 0.1) is 25.4 Å². The maximum atomic E-state index is 12.5. The second-order valence-electron chi connectivity index (χ2n) is 27.1. The highest BCUT2D eigenvalue weighted by Crippen LogP contribution is 2.20. The molecule has 0 rings (SSSR count). The number of esters is 1. The number of ether oxygens (including phenoxy) is 1. The molecular weight excluding hydrogens is 1020 g/mol. The number of unbranched alkanes of at least 4 members (excludes halogenated alkanes) is 63. The van der Waals surface area contributed by atoms with Crippen molar-refractivity contribution in [1.29, 1.82) is 0 Å². The fourth-order valence-corrected chi connectivity index (χ4v) is 12.8. The number of aliphatic hydroxyl groups excluding tert-OH is 2. The molecule has 0 fully saturated rings. The average Bonchev–Trinajstić information content (AvgIpc) is 3.49. The summed E-state index contributed by atoms with van der Waals surface area (Å²) in [6, 6.07) is -0.537. The monoisotopic (exact) mass is 1170 g/mol. The first-order valence-electron chi connectivity index (χ1n) is 38.8. The van der Waals surface area contributed by atoms with E-state index < -0.39 is 12.1 Å². The second-order valence-corrected chi connectivity index (χ2v) is 27.1. The molecule has 0 saturated heterocycles. The Labute approximate surface area is 521 Å². The largest absolute Gasteiger partial charge is 0.466 e. The average molecular weight is 1170 g/mol. The SMILES string of the molecule is CCCCCCCCCCCCCCCCCCCCC(=O)OCCCCCCCCCCCCCCCCCCCCCCCCCCCCCCCCCCC(=O)NC(CO)C(O)CCCCCCCCCCCCCCCCCC. The predicted molar refractivity (Wildman–Crippen MR) is 366 cm³/mol. The summed E-state index contributed by atoms with van der Waals surface area (Å²) in [4.78, 5) is 24.6. The minimum atomic E-state index is -0.660. The summed E-state index contributed by atoms with van der Waals surface area (Å²) >= 11 is 0. The third-order valence-electron chi connectivity index (χ3n) is 18.7. The quantitative estimate of drug-likeness (QED) is 0.0417. The topological polar surface area (TPSA) is 95.9 Å². The van der Waals surface area contributed by atoms with Crippen molar-refractivity contribution >= 4 is 11.9 Å². The Morgan fingerprint density at radius 3 is 0.735 bits per heavy atom. The molecule has 6 nitrogen and oxygen atoms in total. The van der Waals surface area contributed by atoms with Crippen molar-refractivity contribution in [3.05, 3.63) is 0 Å². The zero-order valence-electron chi connectivity index (χ0n) is 57.0. The number of carbonyl (C=O) groups excluding carboxylic acids is 2. The number of carbonyl (C=O) groups is 2. The van der Waals surface area contributed by atoms with E-state index in [9.17, 15) is 19.8 Å². The Kier molecular flexibility index (Phi) is 72.3. The van der Waals surface area contributed by atoms with E-state index in [-0.39, 0.29) is 18.5 Å². The number of hydrogen-bond acceptors (Lipinski definition) is 5. The lowest BCUT2D eigenvalue weighted by Gasteiger charge is -2.22. The van der Waals surface area contributed by atoms with Crippen molar-refractivity contribution in [3.63, 3.8) is 0 Å². The van der Waals surface area contributed by atoms with Gasteiger partial charge in [-0.25, -0.2) is 0 Å². The summed E-state index contributed by atoms with van der Waals surface area (Å²) in [6.07, 6.45) is 90.5. The van der Waals surface area contributed by atoms with Gasteiger partial charge in [-0.1, -0.05) is 418 Å². The highest BCUT2D eigenvalue weighted by molar-refractivity contribution is 5.76. The highest BCUT2D eigenvalue weighted by Gasteiger charge is 2.20. The highest BCUT2D eigenvalue weighted by atomic mass is 16.5. The second kappa shape index (κ2) is 73.3. The maximum absolute atomic E-state index is 12.5. The molecule has 0 aromatic heterocycles. The molecule has 3 N–H and O–H groups in total. The smallest absolute Gasteiger partial charge is 0.305 e. The Morgan fingerprint density at radius 2 is 0.494 bits per heavy atom. The van der Waals surface area contributed by atoms with E-state index in [1.54, 1.807) is 0 Å². The van der Waals surface area contributed by atoms with Crippen LogP contribution in [0, 0.1) is 0 Å². The van der Waals surface area contributed by atoms with E-state index in [1.807, 2.05) is 0 Å². The van der Waals surface area contributed by atoms with E-state index in [2.05, 4.69) is 19.2 Å². The summed E-state index contributed by atoms with van der Waals surface area (Å²) in [5.41, 5.74) is 0. The van der Waals surface area contributed by atoms with Crippen LogP contribution in [0.3, 0.4) is 0 Å². The number of hydrogen-bond donors (Lipinski definition) is 3. The van der Waals surface area contributed by atoms with Gasteiger partial charge in [0.15, 0.2) is 0 Å². The zero-order chi connectivity index (χ0) is 59.9. The van der Waals surface area contributed by atoms with Crippen molar-refractivity contribution in [1.82, 2.24) is 5.32 Å². The molecule has 0 aromatic rings. The Morgan fingerprint density at radius 1 is 0.289 bits per heavy atom. The zero-order valence-corrected chi connectivity index (χ0v) is 57.0. The lowest BCUT2D eigenvalue weighted by molar-refractivity contribution is -0.143. The van der Waals surface area contributed by atoms with Gasteiger partial charge in [-0.3, -0.25) is 9.59 Å². The molecule has 2 unspecified atom stereocenters. The molecule has 83 heavy (non-hydrogen) atoms. The van der Waals surface area contributed by atoms with Crippen molar-refractivity contribution < 1.29 is 24.5 Å². The van der Waals surface area contributed by atoms with Crippen LogP contribution in [0.1, 0.15) is 457 Å². The van der Waals surface area contributed by atoms with E-state index >= 15 is 0 Å². The minimum Gasteiger partial charge on any atom is -0.466 e. The van der Waals surface area contributed by atoms with Crippen LogP contribution >= 0.6 is 0 Å². The van der Waals surface area contributed by atoms with Gasteiger partial charge < -0.3 is 20.3 Å². The van der Waals surface area contributed by atoms with Gasteiger partial charge in [-0.15, -0.1) is 0 Å². The Bertz CT molecular complexity index is 1210. The molecule has 0 aliphatic rings. The molecular formula is C77H153NO5. The van der Waals surface area contributed by atoms with Crippen LogP contribution in [0.25, 0.3) is 0 Å². The number of nitrogens with one attached hydrogen (secondary N) is 1. The van der Waals surface area contributed by atoms with Gasteiger partial charge in [0.2, 0.25) is 5.91 Å². The van der Waals surface area contributed by atoms with Gasteiger partial charge in [-0.2, -0.15) is 0 Å². The van der Waals surface area contributed by atoms with E-state index in [0.717, 1.165) is 38.5 Å². The Hall–Kier alpha value is -1.14. The fourth-order valence-electron chi connectivity index (χ4n) is 12.8. The van der Waals surface area contributed by atoms with Crippen LogP contribution in [0.2, 0.25) is 0 Å². The number of rotatable bonds is 74. The van der Waals surface area contributed by atoms with Crippen molar-refractivity contribution in [3.8, 4) is 0 Å². The molecule has 0 radical (unpaired) electrons. The summed E-state index contributed by atoms with van der Waals surface area (Å²) in [6.45, 7) is 5.02. The minimum absolute atomic E-state index is 0.0259. The van der Waals surface area contributed by atoms with Crippen LogP contribution < -0.4 is 5.32 Å². The lowest BCUT2D eigenvalue weighted by atomic mass is 10.0. The normalized spacial score (nSPS) is 12.4. The lowest BCUT2D eigenvalue weighted by Crippen LogP contribution is -2.45. The van der Waals surface area contributed by atoms with Crippen LogP contribution in [0.4, 0.5) is 0 Å². The predicted octanol–water partition coefficient (Wildman–Crippen LogP) is 25.3. The molecule has 2 atom stereocenters. The van der Waals surface area contributed by atoms with Crippen molar-refractivity contribution in [2.75, 3.05) is 13.2 Å². The van der Waals surface area contributed by atoms with Crippen LogP contribution in [-0.2, 0) is 14.3 Å². The van der Waals surface area contributed by atoms with Gasteiger partial charge in [-0.05, 0) is 25.7 Å². The van der Waals surface area contributed by atoms with Gasteiger partial charge in [0, 0.05) is 12.8 Å². The van der Waals surface area contributed by atoms with Gasteiger partial charge in [0.25, 0.3) is 0 Å². The first-order valence-corrected chi connectivity index (χ1v) is 38.8. The van der Waals surface area contributed by atoms with E-state index in [0.29, 0.717) is 25.9 Å². The maximum Gasteiger partial charge on any atom is 0.305 e. The summed E-state index contributed by atoms with van der Waals surface area (Å²) in [5.74, 6) is 0.00123. The van der Waals surface area contributed by atoms with Crippen LogP contribution in [-0.4, -0.2) is 47.4 Å². The molecule has 6 heteroatoms. The molecule has 0 aromatic carbocycles. The molecule has 0 aliphatic heterocycles. The standard InChI is InChI=1S/C77H153NO5/c1-3-5-7-9-11-13-15-17-19-21-39-43-47-51-55-59-63-67-71-77(82)83-72-68-64-60-56-52-48-44-40-37-35-33-31-29-27-25-23-22-24-26-28-30-32-34-36-38-42-46-50-54-58-62-66-70-76(81)78-74(73-79)75(80)69-65-61-57-53-49-45-41-20-18-16-14-12-10-8-6-4-2/h74-75,79-80H,3-73H2,1-2H3,(H,78,81). The first-order chi connectivity index (χ1) is 41.0. The molecule has 0 bridgehead atoms. The molecule has 0 saturated carbocycles.